The van der Waals surface area contributed by atoms with Crippen LogP contribution in [0.2, 0.25) is 0 Å². The number of nitrogens with one attached hydrogen (secondary N) is 1. The van der Waals surface area contributed by atoms with E-state index < -0.39 is 0 Å². The van der Waals surface area contributed by atoms with Crippen molar-refractivity contribution in [2.24, 2.45) is 0 Å². The first kappa shape index (κ1) is 11.1. The molecule has 0 bridgehead atoms. The lowest BCUT2D eigenvalue weighted by atomic mass is 10.1. The Kier molecular flexibility index (Phi) is 4.64. The second-order valence-corrected chi connectivity index (χ2v) is 4.38. The van der Waals surface area contributed by atoms with Crippen molar-refractivity contribution in [3.05, 3.63) is 12.2 Å². The van der Waals surface area contributed by atoms with E-state index in [4.69, 9.17) is 4.74 Å². The molecule has 0 aromatic carbocycles. The van der Waals surface area contributed by atoms with Crippen LogP contribution >= 0.6 is 0 Å². The first-order chi connectivity index (χ1) is 7.45. The summed E-state index contributed by atoms with van der Waals surface area (Å²) in [4.78, 5) is 2.48. The van der Waals surface area contributed by atoms with Gasteiger partial charge >= 0.3 is 0 Å². The number of ether oxygens (including phenoxy) is 1. The molecule has 1 N–H and O–H groups in total. The molecule has 2 aliphatic rings. The molecule has 3 heteroatoms. The highest BCUT2D eigenvalue weighted by Crippen LogP contribution is 2.13. The van der Waals surface area contributed by atoms with E-state index in [0.29, 0.717) is 6.10 Å². The van der Waals surface area contributed by atoms with Crippen molar-refractivity contribution in [1.82, 2.24) is 10.2 Å². The molecular weight excluding hydrogens is 188 g/mol. The van der Waals surface area contributed by atoms with Gasteiger partial charge in [-0.3, -0.25) is 4.90 Å². The van der Waals surface area contributed by atoms with Gasteiger partial charge in [0.25, 0.3) is 0 Å². The highest BCUT2D eigenvalue weighted by molar-refractivity contribution is 4.93. The quantitative estimate of drug-likeness (QED) is 0.704. The Morgan fingerprint density at radius 1 is 1.27 bits per heavy atom. The van der Waals surface area contributed by atoms with Crippen LogP contribution in [0.4, 0.5) is 0 Å². The highest BCUT2D eigenvalue weighted by Gasteiger charge is 2.10. The van der Waals surface area contributed by atoms with E-state index in [-0.39, 0.29) is 0 Å². The monoisotopic (exact) mass is 210 g/mol. The lowest BCUT2D eigenvalue weighted by Gasteiger charge is -2.26. The van der Waals surface area contributed by atoms with Crippen LogP contribution in [0.1, 0.15) is 19.3 Å². The molecule has 0 amide bonds. The van der Waals surface area contributed by atoms with Gasteiger partial charge in [0.05, 0.1) is 6.10 Å². The van der Waals surface area contributed by atoms with Crippen LogP contribution in [0.25, 0.3) is 0 Å². The maximum Gasteiger partial charge on any atom is 0.0756 e. The Balaban J connectivity index is 1.64. The second-order valence-electron chi connectivity index (χ2n) is 4.38. The minimum Gasteiger partial charge on any atom is -0.374 e. The van der Waals surface area contributed by atoms with Crippen LogP contribution < -0.4 is 5.32 Å². The van der Waals surface area contributed by atoms with Crippen LogP contribution in [0.5, 0.6) is 0 Å². The summed E-state index contributed by atoms with van der Waals surface area (Å²) in [7, 11) is 0. The first-order valence-electron chi connectivity index (χ1n) is 6.16. The first-order valence-corrected chi connectivity index (χ1v) is 6.16. The number of nitrogens with zero attached hydrogens (tertiary/aromatic N) is 1. The molecule has 2 heterocycles. The molecule has 0 aliphatic carbocycles. The second kappa shape index (κ2) is 6.26. The van der Waals surface area contributed by atoms with Crippen LogP contribution in [0.15, 0.2) is 12.2 Å². The standard InChI is InChI=1S/C12H22N2O/c1-2-11-15-12(4-1)5-3-8-14-9-6-13-7-10-14/h3,5,12-13H,1-2,4,6-11H2/b5-3-. The molecular formula is C12H22N2O. The summed E-state index contributed by atoms with van der Waals surface area (Å²) in [5.74, 6) is 0. The topological polar surface area (TPSA) is 24.5 Å². The van der Waals surface area contributed by atoms with E-state index in [0.717, 1.165) is 26.2 Å². The molecule has 0 saturated carbocycles. The Labute approximate surface area is 92.5 Å². The third-order valence-corrected chi connectivity index (χ3v) is 3.14. The maximum absolute atomic E-state index is 5.65. The summed E-state index contributed by atoms with van der Waals surface area (Å²) in [5, 5.41) is 3.36. The number of piperazine rings is 1. The maximum atomic E-state index is 5.65. The molecule has 2 aliphatic heterocycles. The van der Waals surface area contributed by atoms with Gasteiger partial charge < -0.3 is 10.1 Å². The van der Waals surface area contributed by atoms with Gasteiger partial charge in [-0.1, -0.05) is 12.2 Å². The van der Waals surface area contributed by atoms with E-state index in [1.54, 1.807) is 0 Å². The van der Waals surface area contributed by atoms with Gasteiger partial charge in [0.1, 0.15) is 0 Å². The van der Waals surface area contributed by atoms with Gasteiger partial charge in [-0.15, -0.1) is 0 Å². The minimum atomic E-state index is 0.390. The van der Waals surface area contributed by atoms with Crippen molar-refractivity contribution < 1.29 is 4.74 Å². The molecule has 0 aromatic heterocycles. The average Bonchev–Trinajstić information content (AvgIpc) is 2.32. The van der Waals surface area contributed by atoms with E-state index in [2.05, 4.69) is 22.4 Å². The smallest absolute Gasteiger partial charge is 0.0756 e. The SMILES string of the molecule is C(=C/C1CCCCO1)/CN1CCNCC1. The zero-order valence-corrected chi connectivity index (χ0v) is 9.45. The highest BCUT2D eigenvalue weighted by atomic mass is 16.5. The predicted molar refractivity (Wildman–Crippen MR) is 62.0 cm³/mol. The van der Waals surface area contributed by atoms with Crippen molar-refractivity contribution >= 4 is 0 Å². The molecule has 2 saturated heterocycles. The number of hydrogen-bond acceptors (Lipinski definition) is 3. The summed E-state index contributed by atoms with van der Waals surface area (Å²) in [5.41, 5.74) is 0. The van der Waals surface area contributed by atoms with Gasteiger partial charge in [-0.25, -0.2) is 0 Å². The molecule has 0 aromatic rings. The Hall–Kier alpha value is -0.380. The Morgan fingerprint density at radius 2 is 2.13 bits per heavy atom. The van der Waals surface area contributed by atoms with Crippen LogP contribution in [-0.4, -0.2) is 50.3 Å². The van der Waals surface area contributed by atoms with Crippen molar-refractivity contribution in [3.63, 3.8) is 0 Å². The molecule has 0 spiro atoms. The third-order valence-electron chi connectivity index (χ3n) is 3.14. The van der Waals surface area contributed by atoms with Crippen LogP contribution in [0.3, 0.4) is 0 Å². The van der Waals surface area contributed by atoms with Crippen molar-refractivity contribution in [1.29, 1.82) is 0 Å². The van der Waals surface area contributed by atoms with Crippen molar-refractivity contribution in [2.75, 3.05) is 39.3 Å². The molecule has 0 radical (unpaired) electrons. The van der Waals surface area contributed by atoms with Gasteiger partial charge in [0.15, 0.2) is 0 Å². The normalized spacial score (nSPS) is 29.7. The predicted octanol–water partition coefficient (Wildman–Crippen LogP) is 1.02. The fourth-order valence-electron chi connectivity index (χ4n) is 2.17. The molecule has 86 valence electrons. The minimum absolute atomic E-state index is 0.390. The lowest BCUT2D eigenvalue weighted by Crippen LogP contribution is -2.43. The summed E-state index contributed by atoms with van der Waals surface area (Å²) in [6.07, 6.45) is 8.69. The van der Waals surface area contributed by atoms with Crippen LogP contribution in [-0.2, 0) is 4.74 Å². The third kappa shape index (κ3) is 3.93. The fraction of sp³-hybridized carbons (Fsp3) is 0.833. The van der Waals surface area contributed by atoms with Crippen molar-refractivity contribution in [3.8, 4) is 0 Å². The summed E-state index contributed by atoms with van der Waals surface area (Å²) >= 11 is 0. The zero-order chi connectivity index (χ0) is 10.3. The van der Waals surface area contributed by atoms with Gasteiger partial charge in [0.2, 0.25) is 0 Å². The van der Waals surface area contributed by atoms with Crippen LogP contribution in [0, 0.1) is 0 Å². The summed E-state index contributed by atoms with van der Waals surface area (Å²) in [6, 6.07) is 0. The van der Waals surface area contributed by atoms with Gasteiger partial charge in [-0.05, 0) is 19.3 Å². The average molecular weight is 210 g/mol. The zero-order valence-electron chi connectivity index (χ0n) is 9.45. The molecule has 2 fully saturated rings. The van der Waals surface area contributed by atoms with E-state index in [1.165, 1.54) is 32.4 Å². The van der Waals surface area contributed by atoms with Gasteiger partial charge in [0, 0.05) is 39.3 Å². The van der Waals surface area contributed by atoms with Gasteiger partial charge in [-0.2, -0.15) is 0 Å². The van der Waals surface area contributed by atoms with E-state index in [1.807, 2.05) is 0 Å². The van der Waals surface area contributed by atoms with E-state index >= 15 is 0 Å². The van der Waals surface area contributed by atoms with E-state index in [9.17, 15) is 0 Å². The number of rotatable bonds is 3. The Bertz CT molecular complexity index is 194. The fourth-order valence-corrected chi connectivity index (χ4v) is 2.17. The lowest BCUT2D eigenvalue weighted by molar-refractivity contribution is 0.0463. The largest absolute Gasteiger partial charge is 0.374 e. The molecule has 2 rings (SSSR count). The number of hydrogen-bond donors (Lipinski definition) is 1. The van der Waals surface area contributed by atoms with Crippen molar-refractivity contribution in [2.45, 2.75) is 25.4 Å². The summed E-state index contributed by atoms with van der Waals surface area (Å²) < 4.78 is 5.65. The molecule has 15 heavy (non-hydrogen) atoms. The molecule has 1 atom stereocenters. The molecule has 1 unspecified atom stereocenters. The summed E-state index contributed by atoms with van der Waals surface area (Å²) in [6.45, 7) is 6.65. The molecule has 3 nitrogen and oxygen atoms in total. The Morgan fingerprint density at radius 3 is 2.87 bits per heavy atom.